The highest BCUT2D eigenvalue weighted by atomic mass is 15.3. The van der Waals surface area contributed by atoms with Crippen molar-refractivity contribution in [3.05, 3.63) is 42.4 Å². The Bertz CT molecular complexity index is 1310. The summed E-state index contributed by atoms with van der Waals surface area (Å²) in [6.07, 6.45) is 8.80. The van der Waals surface area contributed by atoms with Gasteiger partial charge in [-0.1, -0.05) is 36.2 Å². The summed E-state index contributed by atoms with van der Waals surface area (Å²) < 4.78 is 3.81. The van der Waals surface area contributed by atoms with E-state index in [4.69, 9.17) is 10.1 Å². The third-order valence-corrected chi connectivity index (χ3v) is 7.49. The molecule has 2 aliphatic rings. The average molecular weight is 457 g/mol. The number of hydrogen-bond donors (Lipinski definition) is 0. The molecule has 2 fully saturated rings. The lowest BCUT2D eigenvalue weighted by Gasteiger charge is -2.32. The second kappa shape index (κ2) is 8.51. The van der Waals surface area contributed by atoms with Crippen molar-refractivity contribution in [1.29, 1.82) is 0 Å². The van der Waals surface area contributed by atoms with E-state index >= 15 is 0 Å². The third-order valence-electron chi connectivity index (χ3n) is 7.49. The molecule has 0 unspecified atom stereocenters. The van der Waals surface area contributed by atoms with Crippen LogP contribution in [0.3, 0.4) is 0 Å². The summed E-state index contributed by atoms with van der Waals surface area (Å²) in [5.41, 5.74) is 6.20. The highest BCUT2D eigenvalue weighted by Gasteiger charge is 2.32. The predicted octanol–water partition coefficient (Wildman–Crippen LogP) is 3.80. The number of piperidine rings is 1. The van der Waals surface area contributed by atoms with Crippen LogP contribution in [0.5, 0.6) is 0 Å². The Hall–Kier alpha value is -3.26. The topological polar surface area (TPSA) is 67.9 Å². The van der Waals surface area contributed by atoms with E-state index in [-0.39, 0.29) is 0 Å². The first-order chi connectivity index (χ1) is 16.6. The molecule has 2 saturated heterocycles. The van der Waals surface area contributed by atoms with Crippen LogP contribution in [0.2, 0.25) is 0 Å². The lowest BCUT2D eigenvalue weighted by atomic mass is 10.0. The standard InChI is InChI=1S/C26H32N8/c1-18-7-9-19(10-8-18)24-21(15-29-31(24)2)23-22-25(32(3)30-23)27-17-28-26(22)34-14-11-20(16-34)33-12-5-4-6-13-33/h7-10,15,17,20H,4-6,11-14,16H2,1-3H3/t20-/m1/s1. The van der Waals surface area contributed by atoms with Crippen LogP contribution >= 0.6 is 0 Å². The van der Waals surface area contributed by atoms with Gasteiger partial charge in [-0.05, 0) is 39.3 Å². The van der Waals surface area contributed by atoms with Crippen LogP contribution in [0.4, 0.5) is 5.82 Å². The van der Waals surface area contributed by atoms with Crippen molar-refractivity contribution in [1.82, 2.24) is 34.4 Å². The minimum atomic E-state index is 0.604. The van der Waals surface area contributed by atoms with Gasteiger partial charge in [-0.3, -0.25) is 9.58 Å². The molecule has 0 amide bonds. The molecule has 0 bridgehead atoms. The highest BCUT2D eigenvalue weighted by Crippen LogP contribution is 2.39. The van der Waals surface area contributed by atoms with Crippen LogP contribution in [-0.2, 0) is 14.1 Å². The molecule has 6 rings (SSSR count). The van der Waals surface area contributed by atoms with Crippen LogP contribution in [0.25, 0.3) is 33.5 Å². The molecule has 5 heterocycles. The van der Waals surface area contributed by atoms with E-state index in [2.05, 4.69) is 51.1 Å². The average Bonchev–Trinajstić information content (AvgIpc) is 3.58. The molecule has 2 aliphatic heterocycles. The van der Waals surface area contributed by atoms with E-state index in [0.29, 0.717) is 6.04 Å². The minimum absolute atomic E-state index is 0.604. The van der Waals surface area contributed by atoms with Gasteiger partial charge in [0.2, 0.25) is 0 Å². The van der Waals surface area contributed by atoms with E-state index in [1.807, 2.05) is 29.7 Å². The number of hydrogen-bond acceptors (Lipinski definition) is 6. The third kappa shape index (κ3) is 3.57. The number of rotatable bonds is 4. The molecule has 0 spiro atoms. The summed E-state index contributed by atoms with van der Waals surface area (Å²) in [6, 6.07) is 9.20. The molecular weight excluding hydrogens is 424 g/mol. The lowest BCUT2D eigenvalue weighted by molar-refractivity contribution is 0.175. The quantitative estimate of drug-likeness (QED) is 0.465. The van der Waals surface area contributed by atoms with Crippen molar-refractivity contribution in [2.45, 2.75) is 38.6 Å². The van der Waals surface area contributed by atoms with Crippen LogP contribution in [-0.4, -0.2) is 66.6 Å². The molecule has 8 heteroatoms. The SMILES string of the molecule is Cc1ccc(-c2c(-c3nn(C)c4ncnc(N5CC[C@@H](N6CCCCC6)C5)c34)cnn2C)cc1. The normalized spacial score (nSPS) is 19.4. The fourth-order valence-corrected chi connectivity index (χ4v) is 5.68. The van der Waals surface area contributed by atoms with Gasteiger partial charge in [-0.25, -0.2) is 14.6 Å². The number of aryl methyl sites for hydroxylation is 3. The van der Waals surface area contributed by atoms with E-state index in [1.54, 1.807) is 6.33 Å². The van der Waals surface area contributed by atoms with Crippen molar-refractivity contribution in [3.8, 4) is 22.5 Å². The van der Waals surface area contributed by atoms with Crippen molar-refractivity contribution in [2.24, 2.45) is 14.1 Å². The van der Waals surface area contributed by atoms with Gasteiger partial charge in [0, 0.05) is 44.4 Å². The Kier molecular flexibility index (Phi) is 5.32. The van der Waals surface area contributed by atoms with Crippen molar-refractivity contribution < 1.29 is 0 Å². The van der Waals surface area contributed by atoms with Crippen LogP contribution < -0.4 is 4.90 Å². The summed E-state index contributed by atoms with van der Waals surface area (Å²) >= 11 is 0. The van der Waals surface area contributed by atoms with Gasteiger partial charge in [0.05, 0.1) is 17.3 Å². The van der Waals surface area contributed by atoms with Crippen LogP contribution in [0.15, 0.2) is 36.8 Å². The van der Waals surface area contributed by atoms with Gasteiger partial charge in [-0.15, -0.1) is 0 Å². The summed E-state index contributed by atoms with van der Waals surface area (Å²) in [7, 11) is 3.95. The number of nitrogens with zero attached hydrogens (tertiary/aromatic N) is 8. The fourth-order valence-electron chi connectivity index (χ4n) is 5.68. The number of benzene rings is 1. The second-order valence-electron chi connectivity index (χ2n) is 9.75. The molecule has 0 saturated carbocycles. The van der Waals surface area contributed by atoms with Gasteiger partial charge in [0.1, 0.15) is 17.8 Å². The first kappa shape index (κ1) is 21.3. The second-order valence-corrected chi connectivity index (χ2v) is 9.75. The molecule has 1 aromatic carbocycles. The Morgan fingerprint density at radius 2 is 1.71 bits per heavy atom. The molecule has 3 aromatic heterocycles. The van der Waals surface area contributed by atoms with E-state index in [0.717, 1.165) is 52.5 Å². The Labute approximate surface area is 200 Å². The van der Waals surface area contributed by atoms with E-state index in [1.165, 1.54) is 44.3 Å². The summed E-state index contributed by atoms with van der Waals surface area (Å²) in [5, 5.41) is 10.6. The van der Waals surface area contributed by atoms with Crippen molar-refractivity contribution in [2.75, 3.05) is 31.1 Å². The van der Waals surface area contributed by atoms with Gasteiger partial charge in [-0.2, -0.15) is 10.2 Å². The first-order valence-electron chi connectivity index (χ1n) is 12.4. The maximum atomic E-state index is 4.94. The van der Waals surface area contributed by atoms with E-state index < -0.39 is 0 Å². The smallest absolute Gasteiger partial charge is 0.163 e. The first-order valence-corrected chi connectivity index (χ1v) is 12.4. The Morgan fingerprint density at radius 3 is 2.50 bits per heavy atom. The molecule has 0 N–H and O–H groups in total. The zero-order valence-electron chi connectivity index (χ0n) is 20.3. The fraction of sp³-hybridized carbons (Fsp3) is 0.462. The molecule has 0 radical (unpaired) electrons. The van der Waals surface area contributed by atoms with Crippen LogP contribution in [0.1, 0.15) is 31.2 Å². The largest absolute Gasteiger partial charge is 0.354 e. The molecule has 0 aliphatic carbocycles. The van der Waals surface area contributed by atoms with Gasteiger partial charge in [0.25, 0.3) is 0 Å². The van der Waals surface area contributed by atoms with Crippen molar-refractivity contribution >= 4 is 16.9 Å². The minimum Gasteiger partial charge on any atom is -0.354 e. The molecular formula is C26H32N8. The zero-order valence-corrected chi connectivity index (χ0v) is 20.3. The molecule has 1 atom stereocenters. The zero-order chi connectivity index (χ0) is 23.2. The Morgan fingerprint density at radius 1 is 0.912 bits per heavy atom. The maximum absolute atomic E-state index is 4.94. The van der Waals surface area contributed by atoms with Gasteiger partial charge < -0.3 is 4.90 Å². The summed E-state index contributed by atoms with van der Waals surface area (Å²) in [4.78, 5) is 14.5. The highest BCUT2D eigenvalue weighted by molar-refractivity contribution is 6.01. The van der Waals surface area contributed by atoms with Gasteiger partial charge >= 0.3 is 0 Å². The molecule has 34 heavy (non-hydrogen) atoms. The molecule has 4 aromatic rings. The maximum Gasteiger partial charge on any atom is 0.163 e. The molecule has 8 nitrogen and oxygen atoms in total. The number of anilines is 1. The van der Waals surface area contributed by atoms with E-state index in [9.17, 15) is 0 Å². The molecule has 176 valence electrons. The number of likely N-dealkylation sites (tertiary alicyclic amines) is 1. The summed E-state index contributed by atoms with van der Waals surface area (Å²) in [6.45, 7) is 6.59. The number of aromatic nitrogens is 6. The summed E-state index contributed by atoms with van der Waals surface area (Å²) in [5.74, 6) is 0.992. The lowest BCUT2D eigenvalue weighted by Crippen LogP contribution is -2.41. The predicted molar refractivity (Wildman–Crippen MR) is 135 cm³/mol. The number of fused-ring (bicyclic) bond motifs is 1. The Balaban J connectivity index is 1.43. The van der Waals surface area contributed by atoms with Crippen molar-refractivity contribution in [3.63, 3.8) is 0 Å². The monoisotopic (exact) mass is 456 g/mol. The van der Waals surface area contributed by atoms with Gasteiger partial charge in [0.15, 0.2) is 5.65 Å². The van der Waals surface area contributed by atoms with Crippen LogP contribution in [0, 0.1) is 6.92 Å².